The number of nitriles is 1. The second-order valence-corrected chi connectivity index (χ2v) is 4.01. The van der Waals surface area contributed by atoms with Crippen LogP contribution in [0.25, 0.3) is 0 Å². The summed E-state index contributed by atoms with van der Waals surface area (Å²) in [6.45, 7) is 1.13. The normalized spacial score (nSPS) is 21.6. The number of rotatable bonds is 7. The minimum absolute atomic E-state index is 0.176. The van der Waals surface area contributed by atoms with Gasteiger partial charge in [0.2, 0.25) is 5.91 Å². The molecule has 1 aliphatic rings. The van der Waals surface area contributed by atoms with Crippen LogP contribution < -0.4 is 0 Å². The van der Waals surface area contributed by atoms with Crippen molar-refractivity contribution in [3.05, 3.63) is 0 Å². The molecule has 0 aromatic rings. The number of aliphatic carboxylic acids is 1. The van der Waals surface area contributed by atoms with E-state index in [1.807, 2.05) is 6.07 Å². The Bertz CT molecular complexity index is 337. The molecule has 6 heteroatoms. The highest BCUT2D eigenvalue weighted by molar-refractivity contribution is 5.89. The molecular weight excluding hydrogens is 224 g/mol. The monoisotopic (exact) mass is 240 g/mol. The molecule has 0 aromatic heterocycles. The second kappa shape index (κ2) is 6.21. The van der Waals surface area contributed by atoms with E-state index in [0.29, 0.717) is 26.1 Å². The molecule has 0 radical (unpaired) electrons. The maximum absolute atomic E-state index is 11.9. The first-order valence-electron chi connectivity index (χ1n) is 5.49. The van der Waals surface area contributed by atoms with Crippen LogP contribution in [0.5, 0.6) is 0 Å². The topological polar surface area (TPSA) is 90.6 Å². The summed E-state index contributed by atoms with van der Waals surface area (Å²) in [5.41, 5.74) is 0. The van der Waals surface area contributed by atoms with Crippen molar-refractivity contribution in [1.82, 2.24) is 4.90 Å². The lowest BCUT2D eigenvalue weighted by Gasteiger charge is -2.21. The summed E-state index contributed by atoms with van der Waals surface area (Å²) in [7, 11) is 1.53. The third-order valence-electron chi connectivity index (χ3n) is 2.80. The molecule has 1 rings (SSSR count). The first-order chi connectivity index (χ1) is 8.11. The van der Waals surface area contributed by atoms with Crippen LogP contribution in [0.2, 0.25) is 0 Å². The van der Waals surface area contributed by atoms with Gasteiger partial charge in [0.05, 0.1) is 30.9 Å². The van der Waals surface area contributed by atoms with Crippen LogP contribution in [-0.2, 0) is 14.3 Å². The standard InChI is InChI=1S/C11H16N2O4/c1-17-6-5-13(4-2-3-12)10(14)8-7-9(8)11(15)16/h8-9H,2,4-7H2,1H3,(H,15,16)/t8-,9+/m1/s1. The summed E-state index contributed by atoms with van der Waals surface area (Å²) in [5, 5.41) is 17.3. The number of hydrogen-bond acceptors (Lipinski definition) is 4. The fraction of sp³-hybridized carbons (Fsp3) is 0.727. The summed E-state index contributed by atoms with van der Waals surface area (Å²) in [5.74, 6) is -2.06. The third kappa shape index (κ3) is 3.71. The van der Waals surface area contributed by atoms with Crippen LogP contribution in [0.15, 0.2) is 0 Å². The molecule has 0 saturated heterocycles. The molecule has 94 valence electrons. The molecule has 1 amide bonds. The Hall–Kier alpha value is -1.61. The number of ether oxygens (including phenoxy) is 1. The van der Waals surface area contributed by atoms with Crippen LogP contribution in [0.1, 0.15) is 12.8 Å². The van der Waals surface area contributed by atoms with Crippen molar-refractivity contribution in [2.75, 3.05) is 26.8 Å². The smallest absolute Gasteiger partial charge is 0.307 e. The molecule has 6 nitrogen and oxygen atoms in total. The van der Waals surface area contributed by atoms with Gasteiger partial charge in [0.15, 0.2) is 0 Å². The molecular formula is C11H16N2O4. The Morgan fingerprint density at radius 3 is 2.65 bits per heavy atom. The molecule has 1 fully saturated rings. The highest BCUT2D eigenvalue weighted by Gasteiger charge is 2.49. The minimum Gasteiger partial charge on any atom is -0.481 e. The van der Waals surface area contributed by atoms with Crippen molar-refractivity contribution < 1.29 is 19.4 Å². The fourth-order valence-corrected chi connectivity index (χ4v) is 1.69. The molecule has 1 N–H and O–H groups in total. The Morgan fingerprint density at radius 2 is 2.18 bits per heavy atom. The van der Waals surface area contributed by atoms with Gasteiger partial charge in [-0.2, -0.15) is 5.26 Å². The SMILES string of the molecule is COCCN(CCC#N)C(=O)[C@@H]1C[C@@H]1C(=O)O. The zero-order valence-corrected chi connectivity index (χ0v) is 9.76. The largest absolute Gasteiger partial charge is 0.481 e. The van der Waals surface area contributed by atoms with E-state index >= 15 is 0 Å². The summed E-state index contributed by atoms with van der Waals surface area (Å²) >= 11 is 0. The lowest BCUT2D eigenvalue weighted by molar-refractivity contribution is -0.142. The Labute approximate surface area is 99.8 Å². The van der Waals surface area contributed by atoms with Gasteiger partial charge in [-0.15, -0.1) is 0 Å². The summed E-state index contributed by atoms with van der Waals surface area (Å²) < 4.78 is 4.88. The highest BCUT2D eigenvalue weighted by atomic mass is 16.5. The van der Waals surface area contributed by atoms with E-state index in [9.17, 15) is 9.59 Å². The van der Waals surface area contributed by atoms with Gasteiger partial charge in [0.25, 0.3) is 0 Å². The fourth-order valence-electron chi connectivity index (χ4n) is 1.69. The van der Waals surface area contributed by atoms with Crippen LogP contribution in [0.4, 0.5) is 0 Å². The van der Waals surface area contributed by atoms with E-state index in [0.717, 1.165) is 0 Å². The number of carboxylic acid groups (broad SMARTS) is 1. The number of carbonyl (C=O) groups excluding carboxylic acids is 1. The van der Waals surface area contributed by atoms with Crippen molar-refractivity contribution in [1.29, 1.82) is 5.26 Å². The lowest BCUT2D eigenvalue weighted by Crippen LogP contribution is -2.36. The van der Waals surface area contributed by atoms with Crippen molar-refractivity contribution in [3.63, 3.8) is 0 Å². The quantitative estimate of drug-likeness (QED) is 0.681. The summed E-state index contributed by atoms with van der Waals surface area (Å²) in [4.78, 5) is 24.1. The third-order valence-corrected chi connectivity index (χ3v) is 2.80. The van der Waals surface area contributed by atoms with E-state index in [-0.39, 0.29) is 12.3 Å². The molecule has 1 aliphatic carbocycles. The average molecular weight is 240 g/mol. The van der Waals surface area contributed by atoms with E-state index in [1.54, 1.807) is 0 Å². The van der Waals surface area contributed by atoms with E-state index in [1.165, 1.54) is 12.0 Å². The number of methoxy groups -OCH3 is 1. The highest BCUT2D eigenvalue weighted by Crippen LogP contribution is 2.40. The maximum atomic E-state index is 11.9. The van der Waals surface area contributed by atoms with Crippen molar-refractivity contribution in [3.8, 4) is 6.07 Å². The van der Waals surface area contributed by atoms with Crippen LogP contribution in [-0.4, -0.2) is 48.7 Å². The van der Waals surface area contributed by atoms with Crippen LogP contribution >= 0.6 is 0 Å². The van der Waals surface area contributed by atoms with Gasteiger partial charge in [0, 0.05) is 20.2 Å². The number of nitrogens with zero attached hydrogens (tertiary/aromatic N) is 2. The van der Waals surface area contributed by atoms with Gasteiger partial charge in [-0.3, -0.25) is 9.59 Å². The first-order valence-corrected chi connectivity index (χ1v) is 5.49. The molecule has 2 atom stereocenters. The van der Waals surface area contributed by atoms with E-state index < -0.39 is 17.8 Å². The van der Waals surface area contributed by atoms with Gasteiger partial charge in [-0.1, -0.05) is 0 Å². The van der Waals surface area contributed by atoms with Crippen molar-refractivity contribution >= 4 is 11.9 Å². The summed E-state index contributed by atoms with van der Waals surface area (Å²) in [6, 6.07) is 1.97. The second-order valence-electron chi connectivity index (χ2n) is 4.01. The predicted octanol–water partition coefficient (Wildman–Crippen LogP) is 0.0958. The Morgan fingerprint density at radius 1 is 1.47 bits per heavy atom. The molecule has 1 saturated carbocycles. The Kier molecular flexibility index (Phi) is 4.91. The lowest BCUT2D eigenvalue weighted by atomic mass is 10.2. The van der Waals surface area contributed by atoms with Crippen LogP contribution in [0, 0.1) is 23.2 Å². The molecule has 0 heterocycles. The average Bonchev–Trinajstić information content (AvgIpc) is 3.08. The number of amides is 1. The summed E-state index contributed by atoms with van der Waals surface area (Å²) in [6.07, 6.45) is 0.657. The molecule has 0 aromatic carbocycles. The zero-order valence-electron chi connectivity index (χ0n) is 9.76. The number of carbonyl (C=O) groups is 2. The van der Waals surface area contributed by atoms with Gasteiger partial charge in [-0.25, -0.2) is 0 Å². The van der Waals surface area contributed by atoms with E-state index in [2.05, 4.69) is 0 Å². The first kappa shape index (κ1) is 13.5. The van der Waals surface area contributed by atoms with Crippen molar-refractivity contribution in [2.45, 2.75) is 12.8 Å². The van der Waals surface area contributed by atoms with Gasteiger partial charge < -0.3 is 14.7 Å². The predicted molar refractivity (Wildman–Crippen MR) is 57.9 cm³/mol. The maximum Gasteiger partial charge on any atom is 0.307 e. The number of hydrogen-bond donors (Lipinski definition) is 1. The molecule has 0 unspecified atom stereocenters. The Balaban J connectivity index is 2.49. The van der Waals surface area contributed by atoms with Crippen molar-refractivity contribution in [2.24, 2.45) is 11.8 Å². The van der Waals surface area contributed by atoms with Crippen LogP contribution in [0.3, 0.4) is 0 Å². The minimum atomic E-state index is -0.921. The zero-order chi connectivity index (χ0) is 12.8. The van der Waals surface area contributed by atoms with Gasteiger partial charge >= 0.3 is 5.97 Å². The molecule has 17 heavy (non-hydrogen) atoms. The molecule has 0 aliphatic heterocycles. The number of carboxylic acids is 1. The van der Waals surface area contributed by atoms with Gasteiger partial charge in [-0.05, 0) is 6.42 Å². The molecule has 0 bridgehead atoms. The van der Waals surface area contributed by atoms with Gasteiger partial charge in [0.1, 0.15) is 0 Å². The van der Waals surface area contributed by atoms with E-state index in [4.69, 9.17) is 15.1 Å². The molecule has 0 spiro atoms.